The first-order valence-electron chi connectivity index (χ1n) is 18.7. The van der Waals surface area contributed by atoms with Gasteiger partial charge >= 0.3 is 11.6 Å². The van der Waals surface area contributed by atoms with Gasteiger partial charge in [0.25, 0.3) is 0 Å². The van der Waals surface area contributed by atoms with Crippen LogP contribution in [0.2, 0.25) is 0 Å². The van der Waals surface area contributed by atoms with Gasteiger partial charge in [0.05, 0.1) is 35.7 Å². The van der Waals surface area contributed by atoms with E-state index in [4.69, 9.17) is 0 Å². The summed E-state index contributed by atoms with van der Waals surface area (Å²) in [5, 5.41) is 40.6. The number of aryl methyl sites for hydroxylation is 4. The Bertz CT molecular complexity index is 1800. The lowest BCUT2D eigenvalue weighted by atomic mass is 9.90. The van der Waals surface area contributed by atoms with Crippen molar-refractivity contribution in [1.82, 2.24) is 0 Å². The van der Waals surface area contributed by atoms with Gasteiger partial charge in [-0.15, -0.1) is 0 Å². The quantitative estimate of drug-likeness (QED) is 0.0953. The third kappa shape index (κ3) is 6.55. The SMILES string of the molecule is Oc1c(N=Nc2cccc[n+]2CCCCCC[n+]2ccccc2N=Nc2cc3c4c(c2O)CCCN4CCC3)cc2c3c1CCCN3CCC2. The third-order valence-electron chi connectivity index (χ3n) is 10.9. The molecule has 0 amide bonds. The number of benzene rings is 2. The number of aromatic nitrogens is 2. The first-order valence-corrected chi connectivity index (χ1v) is 18.7. The van der Waals surface area contributed by atoms with Crippen molar-refractivity contribution >= 4 is 34.4 Å². The van der Waals surface area contributed by atoms with Crippen LogP contribution in [0.3, 0.4) is 0 Å². The van der Waals surface area contributed by atoms with Gasteiger partial charge in [-0.05, 0) is 123 Å². The fourth-order valence-electron chi connectivity index (χ4n) is 8.43. The molecule has 2 N–H and O–H groups in total. The van der Waals surface area contributed by atoms with Crippen molar-refractivity contribution in [2.24, 2.45) is 20.5 Å². The Kier molecular flexibility index (Phi) is 9.41. The number of azo groups is 2. The maximum absolute atomic E-state index is 11.1. The van der Waals surface area contributed by atoms with Crippen LogP contribution in [0.4, 0.5) is 34.4 Å². The van der Waals surface area contributed by atoms with Gasteiger partial charge in [-0.3, -0.25) is 0 Å². The number of phenols is 2. The first-order chi connectivity index (χ1) is 24.6. The normalized spacial score (nSPS) is 16.6. The third-order valence-corrected chi connectivity index (χ3v) is 10.9. The summed E-state index contributed by atoms with van der Waals surface area (Å²) >= 11 is 0. The molecule has 4 aliphatic rings. The van der Waals surface area contributed by atoms with Crippen molar-refractivity contribution in [2.75, 3.05) is 36.0 Å². The van der Waals surface area contributed by atoms with Crippen LogP contribution in [0.1, 0.15) is 73.6 Å². The lowest BCUT2D eigenvalue weighted by Gasteiger charge is -2.37. The zero-order valence-corrected chi connectivity index (χ0v) is 29.0. The summed E-state index contributed by atoms with van der Waals surface area (Å²) < 4.78 is 4.30. The van der Waals surface area contributed by atoms with Crippen LogP contribution in [-0.2, 0) is 38.8 Å². The van der Waals surface area contributed by atoms with Crippen molar-refractivity contribution in [1.29, 1.82) is 0 Å². The predicted octanol–water partition coefficient (Wildman–Crippen LogP) is 8.16. The largest absolute Gasteiger partial charge is 0.505 e. The average molecular weight is 673 g/mol. The number of unbranched alkanes of at least 4 members (excludes halogenated alkanes) is 3. The van der Waals surface area contributed by atoms with E-state index in [2.05, 4.69) is 51.8 Å². The highest BCUT2D eigenvalue weighted by atomic mass is 16.3. The monoisotopic (exact) mass is 672 g/mol. The predicted molar refractivity (Wildman–Crippen MR) is 194 cm³/mol. The Morgan fingerprint density at radius 3 is 1.44 bits per heavy atom. The molecule has 2 aromatic carbocycles. The molecule has 0 radical (unpaired) electrons. The van der Waals surface area contributed by atoms with E-state index in [0.29, 0.717) is 22.9 Å². The maximum Gasteiger partial charge on any atom is 0.350 e. The molecule has 0 aliphatic carbocycles. The number of phenolic OH excluding ortho intramolecular Hbond substituents is 2. The molecule has 2 aromatic heterocycles. The van der Waals surface area contributed by atoms with E-state index < -0.39 is 0 Å². The summed E-state index contributed by atoms with van der Waals surface area (Å²) in [5.74, 6) is 2.17. The molecule has 8 rings (SSSR count). The van der Waals surface area contributed by atoms with Gasteiger partial charge in [0.2, 0.25) is 0 Å². The molecular weight excluding hydrogens is 624 g/mol. The van der Waals surface area contributed by atoms with E-state index in [0.717, 1.165) is 139 Å². The lowest BCUT2D eigenvalue weighted by Crippen LogP contribution is -2.34. The van der Waals surface area contributed by atoms with Crippen LogP contribution in [-0.4, -0.2) is 36.4 Å². The van der Waals surface area contributed by atoms with Crippen LogP contribution >= 0.6 is 0 Å². The van der Waals surface area contributed by atoms with Crippen LogP contribution in [0.5, 0.6) is 11.5 Å². The van der Waals surface area contributed by atoms with Crippen molar-refractivity contribution < 1.29 is 19.3 Å². The molecule has 50 heavy (non-hydrogen) atoms. The number of anilines is 2. The van der Waals surface area contributed by atoms with Crippen LogP contribution in [0.15, 0.2) is 81.4 Å². The van der Waals surface area contributed by atoms with Crippen molar-refractivity contribution in [3.63, 3.8) is 0 Å². The zero-order valence-electron chi connectivity index (χ0n) is 29.0. The molecule has 6 heterocycles. The van der Waals surface area contributed by atoms with Gasteiger partial charge < -0.3 is 20.0 Å². The van der Waals surface area contributed by atoms with Crippen LogP contribution in [0.25, 0.3) is 0 Å². The minimum atomic E-state index is 0.292. The number of nitrogens with zero attached hydrogens (tertiary/aromatic N) is 8. The molecule has 10 heteroatoms. The highest BCUT2D eigenvalue weighted by Gasteiger charge is 2.30. The summed E-state index contributed by atoms with van der Waals surface area (Å²) in [4.78, 5) is 4.86. The first kappa shape index (κ1) is 32.4. The molecule has 0 saturated carbocycles. The fraction of sp³-hybridized carbons (Fsp3) is 0.450. The summed E-state index contributed by atoms with van der Waals surface area (Å²) in [6, 6.07) is 16.1. The standard InChI is InChI=1S/C40H46N8O2/c49-39-31-15-11-25-47-23-9-13-29(37(31)47)27-33(39)41-43-35-17-3-7-21-45(35)19-5-1-2-6-20-46-22-8-4-18-36(46)44-42-34-28-30-14-10-24-48-26-12-16-32(38(30)48)40(34)50/h3-4,7-8,17-18,21-22,27-28H,1-2,5-6,9-16,19-20,23-26H2/p+2. The van der Waals surface area contributed by atoms with Gasteiger partial charge in [0.1, 0.15) is 0 Å². The second-order valence-corrected chi connectivity index (χ2v) is 14.2. The summed E-state index contributed by atoms with van der Waals surface area (Å²) in [7, 11) is 0. The minimum absolute atomic E-state index is 0.292. The zero-order chi connectivity index (χ0) is 33.9. The molecule has 0 bridgehead atoms. The summed E-state index contributed by atoms with van der Waals surface area (Å²) in [6.07, 6.45) is 16.6. The Morgan fingerprint density at radius 1 is 0.540 bits per heavy atom. The maximum atomic E-state index is 11.1. The van der Waals surface area contributed by atoms with Crippen LogP contribution < -0.4 is 18.9 Å². The topological polar surface area (TPSA) is 104 Å². The summed E-state index contributed by atoms with van der Waals surface area (Å²) in [5.41, 5.74) is 8.31. The smallest absolute Gasteiger partial charge is 0.350 e. The second-order valence-electron chi connectivity index (χ2n) is 14.2. The van der Waals surface area contributed by atoms with Gasteiger partial charge in [0.15, 0.2) is 22.9 Å². The van der Waals surface area contributed by atoms with Crippen LogP contribution in [0, 0.1) is 0 Å². The van der Waals surface area contributed by atoms with E-state index in [1.54, 1.807) is 0 Å². The molecule has 10 nitrogen and oxygen atoms in total. The number of rotatable bonds is 11. The highest BCUT2D eigenvalue weighted by molar-refractivity contribution is 5.75. The van der Waals surface area contributed by atoms with E-state index in [1.807, 2.05) is 48.5 Å². The molecule has 0 fully saturated rings. The Balaban J connectivity index is 0.866. The summed E-state index contributed by atoms with van der Waals surface area (Å²) in [6.45, 7) is 6.00. The molecule has 0 saturated heterocycles. The van der Waals surface area contributed by atoms with Gasteiger partial charge in [-0.2, -0.15) is 0 Å². The lowest BCUT2D eigenvalue weighted by molar-refractivity contribution is -0.686. The van der Waals surface area contributed by atoms with Gasteiger partial charge in [0, 0.05) is 60.8 Å². The number of aromatic hydroxyl groups is 2. The van der Waals surface area contributed by atoms with E-state index in [-0.39, 0.29) is 0 Å². The Morgan fingerprint density at radius 2 is 0.980 bits per heavy atom. The molecule has 4 aliphatic heterocycles. The van der Waals surface area contributed by atoms with E-state index in [9.17, 15) is 10.2 Å². The molecule has 0 unspecified atom stereocenters. The van der Waals surface area contributed by atoms with Gasteiger partial charge in [-0.1, -0.05) is 12.1 Å². The van der Waals surface area contributed by atoms with Crippen molar-refractivity contribution in [3.8, 4) is 11.5 Å². The Hall–Kier alpha value is -4.86. The van der Waals surface area contributed by atoms with Gasteiger partial charge in [-0.25, -0.2) is 9.13 Å². The van der Waals surface area contributed by atoms with E-state index in [1.165, 1.54) is 22.5 Å². The highest BCUT2D eigenvalue weighted by Crippen LogP contribution is 2.46. The fourth-order valence-corrected chi connectivity index (χ4v) is 8.43. The minimum Gasteiger partial charge on any atom is -0.505 e. The Labute approximate surface area is 294 Å². The number of hydrogen-bond donors (Lipinski definition) is 2. The van der Waals surface area contributed by atoms with Crippen molar-refractivity contribution in [2.45, 2.75) is 90.1 Å². The number of pyridine rings is 2. The number of hydrogen-bond acceptors (Lipinski definition) is 8. The second kappa shape index (κ2) is 14.5. The molecular formula is C40H48N8O2+2. The van der Waals surface area contributed by atoms with Crippen molar-refractivity contribution in [3.05, 3.63) is 83.2 Å². The molecule has 0 atom stereocenters. The van der Waals surface area contributed by atoms with E-state index >= 15 is 0 Å². The molecule has 4 aromatic rings. The average Bonchev–Trinajstić information content (AvgIpc) is 3.15. The molecule has 0 spiro atoms. The molecule has 258 valence electrons.